The summed E-state index contributed by atoms with van der Waals surface area (Å²) in [6.45, 7) is 3.94. The number of nitrogens with one attached hydrogen (secondary N) is 1. The molecule has 0 saturated carbocycles. The molecule has 1 heterocycles. The number of nitrogens with zero attached hydrogens (tertiary/aromatic N) is 2. The van der Waals surface area contributed by atoms with Gasteiger partial charge in [-0.05, 0) is 13.3 Å². The third kappa shape index (κ3) is 2.54. The van der Waals surface area contributed by atoms with Crippen LogP contribution < -0.4 is 11.1 Å². The minimum Gasteiger partial charge on any atom is -0.368 e. The maximum Gasteiger partial charge on any atom is 0.222 e. The summed E-state index contributed by atoms with van der Waals surface area (Å²) in [5, 5.41) is 2.89. The van der Waals surface area contributed by atoms with E-state index in [0.717, 1.165) is 12.6 Å². The molecule has 0 aliphatic rings. The molecule has 3 N–H and O–H groups in total. The van der Waals surface area contributed by atoms with Crippen LogP contribution in [0.5, 0.6) is 0 Å². The number of hydrogen-bond acceptors (Lipinski definition) is 4. The lowest BCUT2D eigenvalue weighted by Gasteiger charge is -2.12. The fourth-order valence-electron chi connectivity index (χ4n) is 0.817. The highest BCUT2D eigenvalue weighted by atomic mass is 19.1. The maximum absolute atomic E-state index is 13.0. The van der Waals surface area contributed by atoms with Crippen LogP contribution in [-0.4, -0.2) is 16.0 Å². The Labute approximate surface area is 76.4 Å². The van der Waals surface area contributed by atoms with E-state index in [2.05, 4.69) is 15.3 Å². The number of anilines is 2. The van der Waals surface area contributed by atoms with Gasteiger partial charge in [-0.3, -0.25) is 0 Å². The van der Waals surface area contributed by atoms with Crippen molar-refractivity contribution >= 4 is 11.8 Å². The van der Waals surface area contributed by atoms with Gasteiger partial charge in [-0.25, -0.2) is 9.37 Å². The van der Waals surface area contributed by atoms with Gasteiger partial charge in [-0.15, -0.1) is 0 Å². The van der Waals surface area contributed by atoms with E-state index in [1.807, 2.05) is 13.8 Å². The summed E-state index contributed by atoms with van der Waals surface area (Å²) in [5.41, 5.74) is 5.32. The van der Waals surface area contributed by atoms with E-state index in [0.29, 0.717) is 0 Å². The largest absolute Gasteiger partial charge is 0.368 e. The first-order valence-electron chi connectivity index (χ1n) is 4.18. The molecule has 72 valence electrons. The molecule has 0 aromatic carbocycles. The molecule has 0 aliphatic carbocycles. The quantitative estimate of drug-likeness (QED) is 0.745. The van der Waals surface area contributed by atoms with Gasteiger partial charge in [-0.2, -0.15) is 4.98 Å². The minimum atomic E-state index is -0.477. The third-order valence-corrected chi connectivity index (χ3v) is 1.76. The van der Waals surface area contributed by atoms with E-state index in [1.165, 1.54) is 0 Å². The smallest absolute Gasteiger partial charge is 0.222 e. The SMILES string of the molecule is CC[C@@H](C)Nc1nc(N)ncc1F. The first-order valence-corrected chi connectivity index (χ1v) is 4.18. The number of nitrogens with two attached hydrogens (primary N) is 1. The van der Waals surface area contributed by atoms with Crippen LogP contribution in [0.3, 0.4) is 0 Å². The zero-order valence-corrected chi connectivity index (χ0v) is 7.71. The van der Waals surface area contributed by atoms with Gasteiger partial charge >= 0.3 is 0 Å². The summed E-state index contributed by atoms with van der Waals surface area (Å²) in [7, 11) is 0. The van der Waals surface area contributed by atoms with E-state index in [1.54, 1.807) is 0 Å². The topological polar surface area (TPSA) is 63.8 Å². The monoisotopic (exact) mass is 184 g/mol. The lowest BCUT2D eigenvalue weighted by atomic mass is 10.2. The van der Waals surface area contributed by atoms with Crippen LogP contribution in [-0.2, 0) is 0 Å². The Morgan fingerprint density at radius 2 is 2.38 bits per heavy atom. The molecule has 1 aromatic heterocycles. The summed E-state index contributed by atoms with van der Waals surface area (Å²) >= 11 is 0. The second-order valence-corrected chi connectivity index (χ2v) is 2.88. The van der Waals surface area contributed by atoms with E-state index in [9.17, 15) is 4.39 Å². The lowest BCUT2D eigenvalue weighted by molar-refractivity contribution is 0.612. The Morgan fingerprint density at radius 3 is 3.00 bits per heavy atom. The second kappa shape index (κ2) is 4.02. The van der Waals surface area contributed by atoms with Crippen molar-refractivity contribution in [3.8, 4) is 0 Å². The van der Waals surface area contributed by atoms with Crippen LogP contribution >= 0.6 is 0 Å². The van der Waals surface area contributed by atoms with Gasteiger partial charge < -0.3 is 11.1 Å². The molecule has 0 unspecified atom stereocenters. The van der Waals surface area contributed by atoms with Gasteiger partial charge in [-0.1, -0.05) is 6.92 Å². The Balaban J connectivity index is 2.81. The molecule has 4 nitrogen and oxygen atoms in total. The predicted octanol–water partition coefficient (Wildman–Crippen LogP) is 1.41. The van der Waals surface area contributed by atoms with Crippen LogP contribution in [0.25, 0.3) is 0 Å². The molecule has 1 atom stereocenters. The van der Waals surface area contributed by atoms with Crippen molar-refractivity contribution in [2.75, 3.05) is 11.1 Å². The molecule has 1 rings (SSSR count). The van der Waals surface area contributed by atoms with Crippen LogP contribution in [0.1, 0.15) is 20.3 Å². The molecule has 0 spiro atoms. The number of hydrogen-bond donors (Lipinski definition) is 2. The summed E-state index contributed by atoms with van der Waals surface area (Å²) < 4.78 is 13.0. The highest BCUT2D eigenvalue weighted by Gasteiger charge is 2.07. The fourth-order valence-corrected chi connectivity index (χ4v) is 0.817. The molecular weight excluding hydrogens is 171 g/mol. The molecule has 0 fully saturated rings. The van der Waals surface area contributed by atoms with Crippen LogP contribution in [0, 0.1) is 5.82 Å². The zero-order valence-electron chi connectivity index (χ0n) is 7.71. The molecule has 5 heteroatoms. The predicted molar refractivity (Wildman–Crippen MR) is 49.8 cm³/mol. The van der Waals surface area contributed by atoms with Crippen molar-refractivity contribution in [2.24, 2.45) is 0 Å². The van der Waals surface area contributed by atoms with E-state index < -0.39 is 5.82 Å². The van der Waals surface area contributed by atoms with Crippen molar-refractivity contribution in [1.29, 1.82) is 0 Å². The Kier molecular flexibility index (Phi) is 3.00. The number of aromatic nitrogens is 2. The molecule has 0 radical (unpaired) electrons. The van der Waals surface area contributed by atoms with Gasteiger partial charge in [0, 0.05) is 6.04 Å². The summed E-state index contributed by atoms with van der Waals surface area (Å²) in [5.74, 6) is -0.233. The van der Waals surface area contributed by atoms with Crippen LogP contribution in [0.4, 0.5) is 16.2 Å². The van der Waals surface area contributed by atoms with Crippen molar-refractivity contribution in [1.82, 2.24) is 9.97 Å². The fraction of sp³-hybridized carbons (Fsp3) is 0.500. The standard InChI is InChI=1S/C8H13FN4/c1-3-5(2)12-7-6(9)4-11-8(10)13-7/h4-5H,3H2,1-2H3,(H3,10,11,12,13)/t5-/m1/s1. The van der Waals surface area contributed by atoms with Gasteiger partial charge in [0.1, 0.15) is 0 Å². The van der Waals surface area contributed by atoms with Crippen molar-refractivity contribution in [3.63, 3.8) is 0 Å². The molecule has 1 aromatic rings. The van der Waals surface area contributed by atoms with Gasteiger partial charge in [0.15, 0.2) is 11.6 Å². The van der Waals surface area contributed by atoms with Gasteiger partial charge in [0.2, 0.25) is 5.95 Å². The Bertz CT molecular complexity index is 289. The van der Waals surface area contributed by atoms with E-state index in [-0.39, 0.29) is 17.8 Å². The summed E-state index contributed by atoms with van der Waals surface area (Å²) in [4.78, 5) is 7.27. The van der Waals surface area contributed by atoms with Crippen molar-refractivity contribution in [3.05, 3.63) is 12.0 Å². The average Bonchev–Trinajstić information content (AvgIpc) is 2.11. The molecular formula is C8H13FN4. The molecule has 0 bridgehead atoms. The average molecular weight is 184 g/mol. The molecule has 0 aliphatic heterocycles. The lowest BCUT2D eigenvalue weighted by Crippen LogP contribution is -2.16. The zero-order chi connectivity index (χ0) is 9.84. The molecule has 13 heavy (non-hydrogen) atoms. The molecule has 0 amide bonds. The number of rotatable bonds is 3. The third-order valence-electron chi connectivity index (χ3n) is 1.76. The Hall–Kier alpha value is -1.39. The van der Waals surface area contributed by atoms with Crippen molar-refractivity contribution < 1.29 is 4.39 Å². The second-order valence-electron chi connectivity index (χ2n) is 2.88. The number of halogens is 1. The first-order chi connectivity index (χ1) is 6.13. The number of nitrogen functional groups attached to an aromatic ring is 1. The first kappa shape index (κ1) is 9.70. The Morgan fingerprint density at radius 1 is 1.69 bits per heavy atom. The maximum atomic E-state index is 13.0. The van der Waals surface area contributed by atoms with Crippen LogP contribution in [0.2, 0.25) is 0 Å². The van der Waals surface area contributed by atoms with Gasteiger partial charge in [0.05, 0.1) is 6.20 Å². The molecule has 0 saturated heterocycles. The normalized spacial score (nSPS) is 12.5. The van der Waals surface area contributed by atoms with E-state index >= 15 is 0 Å². The minimum absolute atomic E-state index is 0.0761. The highest BCUT2D eigenvalue weighted by molar-refractivity contribution is 5.39. The summed E-state index contributed by atoms with van der Waals surface area (Å²) in [6.07, 6.45) is 1.95. The highest BCUT2D eigenvalue weighted by Crippen LogP contribution is 2.11. The van der Waals surface area contributed by atoms with Crippen LogP contribution in [0.15, 0.2) is 6.20 Å². The van der Waals surface area contributed by atoms with E-state index in [4.69, 9.17) is 5.73 Å². The van der Waals surface area contributed by atoms with Crippen molar-refractivity contribution in [2.45, 2.75) is 26.3 Å². The van der Waals surface area contributed by atoms with Gasteiger partial charge in [0.25, 0.3) is 0 Å². The summed E-state index contributed by atoms with van der Waals surface area (Å²) in [6, 6.07) is 0.170.